The van der Waals surface area contributed by atoms with Crippen LogP contribution >= 0.6 is 0 Å². The first-order valence-electron chi connectivity index (χ1n) is 12.7. The summed E-state index contributed by atoms with van der Waals surface area (Å²) in [5, 5.41) is 5.98. The van der Waals surface area contributed by atoms with Crippen molar-refractivity contribution >= 4 is 23.4 Å². The summed E-state index contributed by atoms with van der Waals surface area (Å²) >= 11 is 0. The summed E-state index contributed by atoms with van der Waals surface area (Å²) in [5.41, 5.74) is 2.01. The monoisotopic (exact) mass is 465 g/mol. The Morgan fingerprint density at radius 3 is 3.00 bits per heavy atom. The van der Waals surface area contributed by atoms with Gasteiger partial charge in [0.1, 0.15) is 11.3 Å². The molecule has 3 fully saturated rings. The Morgan fingerprint density at radius 1 is 1.29 bits per heavy atom. The van der Waals surface area contributed by atoms with Crippen molar-refractivity contribution in [2.75, 3.05) is 26.2 Å². The van der Waals surface area contributed by atoms with E-state index in [0.29, 0.717) is 30.1 Å². The Bertz CT molecular complexity index is 1100. The molecule has 3 amide bonds. The quantitative estimate of drug-likeness (QED) is 0.685. The van der Waals surface area contributed by atoms with Crippen LogP contribution in [0.1, 0.15) is 68.1 Å². The van der Waals surface area contributed by atoms with Crippen molar-refractivity contribution in [1.82, 2.24) is 24.9 Å². The average molecular weight is 466 g/mol. The molecule has 3 aliphatic rings. The molecule has 3 heterocycles. The largest absolute Gasteiger partial charge is 0.353 e. The number of aromatic nitrogens is 2. The van der Waals surface area contributed by atoms with Crippen LogP contribution in [0.15, 0.2) is 24.4 Å². The van der Waals surface area contributed by atoms with E-state index >= 15 is 0 Å². The van der Waals surface area contributed by atoms with Crippen molar-refractivity contribution < 1.29 is 14.4 Å². The standard InChI is InChI=1S/C26H35N5O3/c1-2-18-11-19-5-4-8-26(13-18,14-19)17-28-25(34)21-6-3-7-22-29-20(15-31(21)22)12-24(33)30-10-9-27-23(32)16-30/h3,6-7,15,18-19H,2,4-5,8-14,16-17H2,1H3,(H,27,32)(H,28,34). The summed E-state index contributed by atoms with van der Waals surface area (Å²) in [6.07, 6.45) is 10.7. The number of hydrogen-bond donors (Lipinski definition) is 2. The van der Waals surface area contributed by atoms with Gasteiger partial charge in [-0.05, 0) is 55.1 Å². The zero-order valence-electron chi connectivity index (χ0n) is 20.0. The minimum absolute atomic E-state index is 0.0847. The molecule has 2 aliphatic carbocycles. The summed E-state index contributed by atoms with van der Waals surface area (Å²) < 4.78 is 1.78. The summed E-state index contributed by atoms with van der Waals surface area (Å²) in [6, 6.07) is 5.48. The zero-order chi connectivity index (χ0) is 23.7. The summed E-state index contributed by atoms with van der Waals surface area (Å²) in [6.45, 7) is 4.09. The van der Waals surface area contributed by atoms with E-state index in [2.05, 4.69) is 22.5 Å². The minimum Gasteiger partial charge on any atom is -0.353 e. The molecule has 2 bridgehead atoms. The molecule has 8 nitrogen and oxygen atoms in total. The predicted octanol–water partition coefficient (Wildman–Crippen LogP) is 2.56. The van der Waals surface area contributed by atoms with Gasteiger partial charge in [-0.2, -0.15) is 0 Å². The van der Waals surface area contributed by atoms with E-state index in [1.54, 1.807) is 15.5 Å². The smallest absolute Gasteiger partial charge is 0.268 e. The molecule has 34 heavy (non-hydrogen) atoms. The SMILES string of the molecule is CCC1CC2CCCC(CNC(=O)c3cccc4nc(CC(=O)N5CCNC(=O)C5)cn34)(C1)C2. The third-order valence-corrected chi connectivity index (χ3v) is 8.13. The molecule has 2 N–H and O–H groups in total. The maximum atomic E-state index is 13.2. The van der Waals surface area contributed by atoms with E-state index in [1.807, 2.05) is 18.2 Å². The lowest BCUT2D eigenvalue weighted by Crippen LogP contribution is -2.50. The first kappa shape index (κ1) is 22.9. The lowest BCUT2D eigenvalue weighted by molar-refractivity contribution is -0.137. The van der Waals surface area contributed by atoms with Gasteiger partial charge < -0.3 is 15.5 Å². The molecule has 0 spiro atoms. The number of amides is 3. The van der Waals surface area contributed by atoms with Crippen LogP contribution < -0.4 is 10.6 Å². The summed E-state index contributed by atoms with van der Waals surface area (Å²) in [5.74, 6) is 1.23. The Kier molecular flexibility index (Phi) is 6.32. The molecule has 2 aromatic heterocycles. The number of piperazine rings is 1. The second-order valence-corrected chi connectivity index (χ2v) is 10.6. The number of nitrogens with zero attached hydrogens (tertiary/aromatic N) is 3. The van der Waals surface area contributed by atoms with Gasteiger partial charge in [-0.3, -0.25) is 18.8 Å². The van der Waals surface area contributed by atoms with Gasteiger partial charge in [-0.15, -0.1) is 0 Å². The molecule has 8 heteroatoms. The second kappa shape index (κ2) is 9.39. The van der Waals surface area contributed by atoms with Gasteiger partial charge in [0.25, 0.3) is 5.91 Å². The molecule has 1 saturated heterocycles. The number of rotatable bonds is 6. The molecule has 5 rings (SSSR count). The molecule has 2 aromatic rings. The van der Waals surface area contributed by atoms with E-state index < -0.39 is 0 Å². The molecule has 0 aromatic carbocycles. The van der Waals surface area contributed by atoms with Crippen molar-refractivity contribution in [3.63, 3.8) is 0 Å². The number of fused-ring (bicyclic) bond motifs is 3. The van der Waals surface area contributed by atoms with Crippen LogP contribution in [-0.2, 0) is 16.0 Å². The molecule has 182 valence electrons. The van der Waals surface area contributed by atoms with Gasteiger partial charge in [-0.25, -0.2) is 4.98 Å². The maximum Gasteiger partial charge on any atom is 0.268 e. The highest BCUT2D eigenvalue weighted by Crippen LogP contribution is 2.51. The van der Waals surface area contributed by atoms with E-state index in [4.69, 9.17) is 0 Å². The third-order valence-electron chi connectivity index (χ3n) is 8.13. The third kappa shape index (κ3) is 4.68. The van der Waals surface area contributed by atoms with Crippen LogP contribution in [-0.4, -0.2) is 58.2 Å². The van der Waals surface area contributed by atoms with Crippen LogP contribution in [0.25, 0.3) is 5.65 Å². The Morgan fingerprint density at radius 2 is 2.18 bits per heavy atom. The van der Waals surface area contributed by atoms with E-state index in [-0.39, 0.29) is 36.1 Å². The van der Waals surface area contributed by atoms with Crippen LogP contribution in [0, 0.1) is 17.3 Å². The van der Waals surface area contributed by atoms with E-state index in [1.165, 1.54) is 44.9 Å². The predicted molar refractivity (Wildman–Crippen MR) is 128 cm³/mol. The molecule has 3 unspecified atom stereocenters. The number of carbonyl (C=O) groups excluding carboxylic acids is 3. The first-order chi connectivity index (χ1) is 16.4. The fourth-order valence-corrected chi connectivity index (χ4v) is 6.49. The minimum atomic E-state index is -0.138. The lowest BCUT2D eigenvalue weighted by Gasteiger charge is -2.48. The van der Waals surface area contributed by atoms with Crippen LogP contribution in [0.5, 0.6) is 0 Å². The summed E-state index contributed by atoms with van der Waals surface area (Å²) in [4.78, 5) is 43.6. The fourth-order valence-electron chi connectivity index (χ4n) is 6.49. The fraction of sp³-hybridized carbons (Fsp3) is 0.615. The Labute approximate surface area is 200 Å². The molecular weight excluding hydrogens is 430 g/mol. The highest BCUT2D eigenvalue weighted by molar-refractivity contribution is 5.93. The normalized spacial score (nSPS) is 26.9. The Hall–Kier alpha value is -2.90. The van der Waals surface area contributed by atoms with Gasteiger partial charge in [0.15, 0.2) is 0 Å². The van der Waals surface area contributed by atoms with Gasteiger partial charge in [0.05, 0.1) is 18.7 Å². The number of imidazole rings is 1. The highest BCUT2D eigenvalue weighted by Gasteiger charge is 2.42. The topological polar surface area (TPSA) is 95.8 Å². The van der Waals surface area contributed by atoms with Crippen molar-refractivity contribution in [3.05, 3.63) is 35.8 Å². The Balaban J connectivity index is 1.28. The van der Waals surface area contributed by atoms with Crippen molar-refractivity contribution in [2.24, 2.45) is 17.3 Å². The molecular formula is C26H35N5O3. The van der Waals surface area contributed by atoms with Gasteiger partial charge >= 0.3 is 0 Å². The van der Waals surface area contributed by atoms with Crippen molar-refractivity contribution in [1.29, 1.82) is 0 Å². The molecule has 3 atom stereocenters. The van der Waals surface area contributed by atoms with E-state index in [0.717, 1.165) is 18.4 Å². The highest BCUT2D eigenvalue weighted by atomic mass is 16.2. The van der Waals surface area contributed by atoms with Crippen molar-refractivity contribution in [2.45, 2.75) is 58.3 Å². The molecule has 1 aliphatic heterocycles. The van der Waals surface area contributed by atoms with Crippen LogP contribution in [0.4, 0.5) is 0 Å². The van der Waals surface area contributed by atoms with Crippen LogP contribution in [0.2, 0.25) is 0 Å². The molecule has 0 radical (unpaired) electrons. The van der Waals surface area contributed by atoms with E-state index in [9.17, 15) is 14.4 Å². The number of nitrogens with one attached hydrogen (secondary N) is 2. The van der Waals surface area contributed by atoms with Gasteiger partial charge in [0.2, 0.25) is 11.8 Å². The maximum absolute atomic E-state index is 13.2. The van der Waals surface area contributed by atoms with Gasteiger partial charge in [0, 0.05) is 25.8 Å². The lowest BCUT2D eigenvalue weighted by atomic mass is 9.58. The van der Waals surface area contributed by atoms with Crippen LogP contribution in [0.3, 0.4) is 0 Å². The molecule has 2 saturated carbocycles. The van der Waals surface area contributed by atoms with Gasteiger partial charge in [-0.1, -0.05) is 32.3 Å². The zero-order valence-corrected chi connectivity index (χ0v) is 20.0. The summed E-state index contributed by atoms with van der Waals surface area (Å²) in [7, 11) is 0. The number of hydrogen-bond acceptors (Lipinski definition) is 4. The number of pyridine rings is 1. The first-order valence-corrected chi connectivity index (χ1v) is 12.7. The number of carbonyl (C=O) groups is 3. The average Bonchev–Trinajstić information content (AvgIpc) is 3.24. The van der Waals surface area contributed by atoms with Crippen molar-refractivity contribution in [3.8, 4) is 0 Å². The second-order valence-electron chi connectivity index (χ2n) is 10.6.